The third-order valence-electron chi connectivity index (χ3n) is 6.30. The quantitative estimate of drug-likeness (QED) is 0.565. The van der Waals surface area contributed by atoms with E-state index in [0.29, 0.717) is 41.1 Å². The molecule has 2 aromatic heterocycles. The van der Waals surface area contributed by atoms with Gasteiger partial charge < -0.3 is 25.4 Å². The normalized spacial score (nSPS) is 27.3. The smallest absolute Gasteiger partial charge is 0.232 e. The maximum atomic E-state index is 12.7. The van der Waals surface area contributed by atoms with Crippen LogP contribution in [0.2, 0.25) is 5.02 Å². The SMILES string of the molecule is CO[C@H]1CNC[C@@H]1C(=O)Nc1cc(-c2cccc(NCC3C[C@@H](C)O[C@@H](C)C3)n2)c(Cl)cn1. The Bertz CT molecular complexity index is 965. The van der Waals surface area contributed by atoms with Crippen LogP contribution in [0.3, 0.4) is 0 Å². The molecule has 0 radical (unpaired) electrons. The molecular formula is C24H32ClN5O3. The van der Waals surface area contributed by atoms with Crippen molar-refractivity contribution in [1.82, 2.24) is 15.3 Å². The molecule has 2 aliphatic heterocycles. The Morgan fingerprint density at radius 3 is 2.79 bits per heavy atom. The van der Waals surface area contributed by atoms with Gasteiger partial charge in [0.25, 0.3) is 0 Å². The van der Waals surface area contributed by atoms with Crippen molar-refractivity contribution in [3.8, 4) is 11.3 Å². The summed E-state index contributed by atoms with van der Waals surface area (Å²) in [5, 5.41) is 10.0. The fourth-order valence-electron chi connectivity index (χ4n) is 4.73. The van der Waals surface area contributed by atoms with E-state index in [1.165, 1.54) is 0 Å². The average molecular weight is 474 g/mol. The first kappa shape index (κ1) is 23.9. The maximum absolute atomic E-state index is 12.7. The van der Waals surface area contributed by atoms with Gasteiger partial charge in [-0.2, -0.15) is 0 Å². The summed E-state index contributed by atoms with van der Waals surface area (Å²) in [6, 6.07) is 7.56. The molecule has 3 N–H and O–H groups in total. The number of carbonyl (C=O) groups is 1. The zero-order valence-electron chi connectivity index (χ0n) is 19.3. The van der Waals surface area contributed by atoms with Crippen LogP contribution in [0.5, 0.6) is 0 Å². The molecule has 0 spiro atoms. The highest BCUT2D eigenvalue weighted by Gasteiger charge is 2.33. The molecule has 5 atom stereocenters. The first-order valence-electron chi connectivity index (χ1n) is 11.5. The highest BCUT2D eigenvalue weighted by Crippen LogP contribution is 2.30. The zero-order valence-corrected chi connectivity index (χ0v) is 20.1. The summed E-state index contributed by atoms with van der Waals surface area (Å²) in [5.74, 6) is 1.37. The molecule has 8 nitrogen and oxygen atoms in total. The van der Waals surface area contributed by atoms with Crippen molar-refractivity contribution in [1.29, 1.82) is 0 Å². The summed E-state index contributed by atoms with van der Waals surface area (Å²) in [6.07, 6.45) is 4.03. The van der Waals surface area contributed by atoms with Crippen LogP contribution in [-0.4, -0.2) is 60.9 Å². The Balaban J connectivity index is 1.44. The van der Waals surface area contributed by atoms with E-state index in [2.05, 4.69) is 34.8 Å². The van der Waals surface area contributed by atoms with E-state index >= 15 is 0 Å². The highest BCUT2D eigenvalue weighted by atomic mass is 35.5. The third kappa shape index (κ3) is 6.00. The van der Waals surface area contributed by atoms with Crippen LogP contribution < -0.4 is 16.0 Å². The predicted octanol–water partition coefficient (Wildman–Crippen LogP) is 3.59. The summed E-state index contributed by atoms with van der Waals surface area (Å²) >= 11 is 6.44. The van der Waals surface area contributed by atoms with Gasteiger partial charge in [0.1, 0.15) is 11.6 Å². The second-order valence-corrected chi connectivity index (χ2v) is 9.37. The van der Waals surface area contributed by atoms with Gasteiger partial charge in [0.15, 0.2) is 0 Å². The van der Waals surface area contributed by atoms with Crippen LogP contribution in [0.15, 0.2) is 30.5 Å². The number of amides is 1. The van der Waals surface area contributed by atoms with Crippen molar-refractivity contribution in [3.63, 3.8) is 0 Å². The lowest BCUT2D eigenvalue weighted by molar-refractivity contribution is -0.122. The van der Waals surface area contributed by atoms with E-state index in [1.54, 1.807) is 19.4 Å². The monoisotopic (exact) mass is 473 g/mol. The van der Waals surface area contributed by atoms with E-state index < -0.39 is 0 Å². The summed E-state index contributed by atoms with van der Waals surface area (Å²) in [5.41, 5.74) is 1.43. The number of nitrogens with one attached hydrogen (secondary N) is 3. The molecule has 0 bridgehead atoms. The number of rotatable bonds is 7. The summed E-state index contributed by atoms with van der Waals surface area (Å²) in [7, 11) is 1.62. The number of anilines is 2. The van der Waals surface area contributed by atoms with Crippen LogP contribution in [0.25, 0.3) is 11.3 Å². The summed E-state index contributed by atoms with van der Waals surface area (Å²) < 4.78 is 11.2. The summed E-state index contributed by atoms with van der Waals surface area (Å²) in [6.45, 7) is 6.33. The molecule has 33 heavy (non-hydrogen) atoms. The van der Waals surface area contributed by atoms with Gasteiger partial charge in [0.05, 0.1) is 34.9 Å². The van der Waals surface area contributed by atoms with Gasteiger partial charge in [-0.1, -0.05) is 17.7 Å². The van der Waals surface area contributed by atoms with Gasteiger partial charge in [-0.3, -0.25) is 4.79 Å². The predicted molar refractivity (Wildman–Crippen MR) is 129 cm³/mol. The molecule has 9 heteroatoms. The fourth-order valence-corrected chi connectivity index (χ4v) is 4.93. The number of aromatic nitrogens is 2. The minimum atomic E-state index is -0.266. The number of methoxy groups -OCH3 is 1. The standard InChI is InChI=1S/C24H32ClN5O3/c1-14-7-16(8-15(2)33-14)10-27-22-6-4-5-20(29-22)17-9-23(28-12-19(17)25)30-24(31)18-11-26-13-21(18)32-3/h4-6,9,12,14-16,18,21,26H,7-8,10-11,13H2,1-3H3,(H,27,29)(H,28,30,31)/t14-,15+,16?,18-,21-/m0/s1. The van der Waals surface area contributed by atoms with Crippen molar-refractivity contribution in [2.24, 2.45) is 11.8 Å². The Hall–Kier alpha value is -2.26. The fraction of sp³-hybridized carbons (Fsp3) is 0.542. The Labute approximate surface area is 199 Å². The molecule has 4 heterocycles. The molecule has 1 unspecified atom stereocenters. The van der Waals surface area contributed by atoms with Crippen molar-refractivity contribution in [2.75, 3.05) is 37.4 Å². The van der Waals surface area contributed by atoms with Gasteiger partial charge in [-0.25, -0.2) is 9.97 Å². The minimum absolute atomic E-state index is 0.129. The maximum Gasteiger partial charge on any atom is 0.232 e. The van der Waals surface area contributed by atoms with Crippen molar-refractivity contribution < 1.29 is 14.3 Å². The van der Waals surface area contributed by atoms with Crippen LogP contribution in [0, 0.1) is 11.8 Å². The van der Waals surface area contributed by atoms with E-state index in [9.17, 15) is 4.79 Å². The topological polar surface area (TPSA) is 97.4 Å². The number of ether oxygens (including phenoxy) is 2. The first-order chi connectivity index (χ1) is 15.9. The molecule has 2 aromatic rings. The number of carbonyl (C=O) groups excluding carboxylic acids is 1. The number of hydrogen-bond acceptors (Lipinski definition) is 7. The Kier molecular flexibility index (Phi) is 7.80. The second kappa shape index (κ2) is 10.8. The van der Waals surface area contributed by atoms with E-state index in [1.807, 2.05) is 18.2 Å². The molecule has 2 saturated heterocycles. The largest absolute Gasteiger partial charge is 0.379 e. The third-order valence-corrected chi connectivity index (χ3v) is 6.60. The molecular weight excluding hydrogens is 442 g/mol. The van der Waals surface area contributed by atoms with E-state index in [0.717, 1.165) is 25.2 Å². The summed E-state index contributed by atoms with van der Waals surface area (Å²) in [4.78, 5) is 21.7. The molecule has 0 saturated carbocycles. The van der Waals surface area contributed by atoms with Crippen molar-refractivity contribution >= 4 is 29.1 Å². The molecule has 2 aliphatic rings. The van der Waals surface area contributed by atoms with Gasteiger partial charge >= 0.3 is 0 Å². The Morgan fingerprint density at radius 1 is 1.24 bits per heavy atom. The van der Waals surface area contributed by atoms with E-state index in [-0.39, 0.29) is 30.1 Å². The first-order valence-corrected chi connectivity index (χ1v) is 11.9. The number of halogens is 1. The van der Waals surface area contributed by atoms with Crippen molar-refractivity contribution in [3.05, 3.63) is 35.5 Å². The zero-order chi connectivity index (χ0) is 23.4. The number of hydrogen-bond donors (Lipinski definition) is 3. The highest BCUT2D eigenvalue weighted by molar-refractivity contribution is 6.33. The van der Waals surface area contributed by atoms with Gasteiger partial charge in [-0.15, -0.1) is 0 Å². The van der Waals surface area contributed by atoms with Crippen LogP contribution >= 0.6 is 11.6 Å². The van der Waals surface area contributed by atoms with E-state index in [4.69, 9.17) is 26.1 Å². The molecule has 178 valence electrons. The molecule has 4 rings (SSSR count). The molecule has 0 aromatic carbocycles. The minimum Gasteiger partial charge on any atom is -0.379 e. The Morgan fingerprint density at radius 2 is 2.03 bits per heavy atom. The number of pyridine rings is 2. The van der Waals surface area contributed by atoms with Gasteiger partial charge in [0.2, 0.25) is 5.91 Å². The average Bonchev–Trinajstić information content (AvgIpc) is 3.28. The molecule has 1 amide bonds. The number of nitrogens with zero attached hydrogens (tertiary/aromatic N) is 2. The van der Waals surface area contributed by atoms with Gasteiger partial charge in [0, 0.05) is 38.5 Å². The lowest BCUT2D eigenvalue weighted by atomic mass is 9.92. The van der Waals surface area contributed by atoms with Crippen LogP contribution in [0.4, 0.5) is 11.6 Å². The lowest BCUT2D eigenvalue weighted by Crippen LogP contribution is -2.33. The molecule has 2 fully saturated rings. The molecule has 0 aliphatic carbocycles. The van der Waals surface area contributed by atoms with Crippen LogP contribution in [0.1, 0.15) is 26.7 Å². The lowest BCUT2D eigenvalue weighted by Gasteiger charge is -2.32. The van der Waals surface area contributed by atoms with Crippen molar-refractivity contribution in [2.45, 2.75) is 45.0 Å². The van der Waals surface area contributed by atoms with Crippen LogP contribution in [-0.2, 0) is 14.3 Å². The second-order valence-electron chi connectivity index (χ2n) is 8.96. The van der Waals surface area contributed by atoms with Gasteiger partial charge in [-0.05, 0) is 50.8 Å².